The van der Waals surface area contributed by atoms with E-state index in [0.717, 1.165) is 0 Å². The minimum absolute atomic E-state index is 0.0309. The molecule has 0 aliphatic carbocycles. The Hall–Kier alpha value is -2.31. The van der Waals surface area contributed by atoms with Gasteiger partial charge in [0, 0.05) is 19.2 Å². The van der Waals surface area contributed by atoms with Gasteiger partial charge in [-0.2, -0.15) is 0 Å². The van der Waals surface area contributed by atoms with Crippen LogP contribution in [0.25, 0.3) is 0 Å². The number of hydrogen-bond acceptors (Lipinski definition) is 5. The summed E-state index contributed by atoms with van der Waals surface area (Å²) in [5.41, 5.74) is 10.5. The Morgan fingerprint density at radius 3 is 2.75 bits per heavy atom. The summed E-state index contributed by atoms with van der Waals surface area (Å²) in [6, 6.07) is 1.30. The molecular weight excluding hydrogens is 212 g/mol. The first-order valence-electron chi connectivity index (χ1n) is 4.52. The molecule has 0 radical (unpaired) electrons. The van der Waals surface area contributed by atoms with Gasteiger partial charge < -0.3 is 21.9 Å². The third kappa shape index (κ3) is 2.84. The van der Waals surface area contributed by atoms with E-state index in [9.17, 15) is 9.59 Å². The number of anilines is 2. The number of carbonyl (C=O) groups excluding carboxylic acids is 1. The smallest absolute Gasteiger partial charge is 0.337 e. The van der Waals surface area contributed by atoms with Crippen molar-refractivity contribution in [2.75, 3.05) is 17.6 Å². The predicted octanol–water partition coefficient (Wildman–Crippen LogP) is -0.351. The van der Waals surface area contributed by atoms with Crippen molar-refractivity contribution in [2.24, 2.45) is 5.73 Å². The van der Waals surface area contributed by atoms with E-state index in [1.54, 1.807) is 0 Å². The van der Waals surface area contributed by atoms with E-state index in [-0.39, 0.29) is 30.0 Å². The molecule has 1 amide bonds. The number of nitrogen functional groups attached to an aromatic ring is 1. The molecule has 0 aliphatic heterocycles. The lowest BCUT2D eigenvalue weighted by Crippen LogP contribution is -2.17. The number of nitrogens with one attached hydrogen (secondary N) is 1. The van der Waals surface area contributed by atoms with Gasteiger partial charge in [0.1, 0.15) is 5.82 Å². The normalized spacial score (nSPS) is 9.75. The Morgan fingerprint density at radius 1 is 1.50 bits per heavy atom. The molecule has 1 heterocycles. The first kappa shape index (κ1) is 11.8. The van der Waals surface area contributed by atoms with Crippen LogP contribution >= 0.6 is 0 Å². The monoisotopic (exact) mass is 224 g/mol. The van der Waals surface area contributed by atoms with Crippen LogP contribution in [0.3, 0.4) is 0 Å². The largest absolute Gasteiger partial charge is 0.478 e. The van der Waals surface area contributed by atoms with Crippen LogP contribution < -0.4 is 16.8 Å². The van der Waals surface area contributed by atoms with Crippen molar-refractivity contribution in [3.8, 4) is 0 Å². The highest BCUT2D eigenvalue weighted by atomic mass is 16.4. The fourth-order valence-electron chi connectivity index (χ4n) is 1.10. The van der Waals surface area contributed by atoms with E-state index in [1.165, 1.54) is 12.3 Å². The number of amides is 1. The van der Waals surface area contributed by atoms with Crippen LogP contribution in [0.15, 0.2) is 12.3 Å². The summed E-state index contributed by atoms with van der Waals surface area (Å²) < 4.78 is 0. The van der Waals surface area contributed by atoms with Gasteiger partial charge in [-0.25, -0.2) is 9.78 Å². The lowest BCUT2D eigenvalue weighted by molar-refractivity contribution is -0.117. The second kappa shape index (κ2) is 4.96. The van der Waals surface area contributed by atoms with Crippen molar-refractivity contribution in [2.45, 2.75) is 6.42 Å². The van der Waals surface area contributed by atoms with Crippen LogP contribution in [-0.4, -0.2) is 28.5 Å². The van der Waals surface area contributed by atoms with Gasteiger partial charge in [-0.15, -0.1) is 0 Å². The fourth-order valence-corrected chi connectivity index (χ4v) is 1.10. The first-order valence-corrected chi connectivity index (χ1v) is 4.52. The third-order valence-electron chi connectivity index (χ3n) is 1.88. The van der Waals surface area contributed by atoms with E-state index in [0.29, 0.717) is 0 Å². The van der Waals surface area contributed by atoms with Gasteiger partial charge in [0.2, 0.25) is 5.91 Å². The minimum atomic E-state index is -1.13. The third-order valence-corrected chi connectivity index (χ3v) is 1.88. The molecule has 0 bridgehead atoms. The summed E-state index contributed by atoms with van der Waals surface area (Å²) in [4.78, 5) is 25.1. The van der Waals surface area contributed by atoms with Gasteiger partial charge in [-0.05, 0) is 6.07 Å². The van der Waals surface area contributed by atoms with Gasteiger partial charge >= 0.3 is 5.97 Å². The Labute approximate surface area is 91.5 Å². The molecule has 86 valence electrons. The van der Waals surface area contributed by atoms with Crippen molar-refractivity contribution in [3.05, 3.63) is 17.8 Å². The summed E-state index contributed by atoms with van der Waals surface area (Å²) in [5, 5.41) is 11.5. The van der Waals surface area contributed by atoms with Gasteiger partial charge in [-0.1, -0.05) is 0 Å². The molecule has 6 N–H and O–H groups in total. The van der Waals surface area contributed by atoms with Gasteiger partial charge in [0.05, 0.1) is 11.3 Å². The number of carbonyl (C=O) groups is 2. The number of nitrogens with zero attached hydrogens (tertiary/aromatic N) is 1. The number of rotatable bonds is 5. The molecule has 0 aliphatic rings. The molecule has 0 saturated carbocycles. The lowest BCUT2D eigenvalue weighted by Gasteiger charge is -2.08. The number of aromatic nitrogens is 1. The second-order valence-electron chi connectivity index (χ2n) is 3.07. The lowest BCUT2D eigenvalue weighted by atomic mass is 10.2. The van der Waals surface area contributed by atoms with E-state index < -0.39 is 11.9 Å². The van der Waals surface area contributed by atoms with Crippen LogP contribution in [0, 0.1) is 0 Å². The number of primary amides is 1. The molecule has 7 nitrogen and oxygen atoms in total. The Bertz CT molecular complexity index is 419. The summed E-state index contributed by atoms with van der Waals surface area (Å²) >= 11 is 0. The highest BCUT2D eigenvalue weighted by Crippen LogP contribution is 2.19. The van der Waals surface area contributed by atoms with Gasteiger partial charge in [-0.3, -0.25) is 4.79 Å². The molecular formula is C9H12N4O3. The maximum Gasteiger partial charge on any atom is 0.337 e. The highest BCUT2D eigenvalue weighted by Gasteiger charge is 2.11. The number of carboxylic acids is 1. The molecule has 0 spiro atoms. The van der Waals surface area contributed by atoms with E-state index in [4.69, 9.17) is 16.6 Å². The molecule has 1 rings (SSSR count). The molecule has 1 aromatic heterocycles. The topological polar surface area (TPSA) is 131 Å². The summed E-state index contributed by atoms with van der Waals surface area (Å²) in [7, 11) is 0. The Kier molecular flexibility index (Phi) is 3.65. The zero-order valence-corrected chi connectivity index (χ0v) is 8.43. The van der Waals surface area contributed by atoms with Crippen molar-refractivity contribution >= 4 is 23.4 Å². The molecule has 0 unspecified atom stereocenters. The number of aromatic carboxylic acids is 1. The number of hydrogen-bond donors (Lipinski definition) is 4. The van der Waals surface area contributed by atoms with E-state index >= 15 is 0 Å². The van der Waals surface area contributed by atoms with Crippen LogP contribution in [0.2, 0.25) is 0 Å². The number of nitrogens with two attached hydrogens (primary N) is 2. The molecule has 1 aromatic rings. The second-order valence-corrected chi connectivity index (χ2v) is 3.07. The van der Waals surface area contributed by atoms with Crippen molar-refractivity contribution in [1.29, 1.82) is 0 Å². The average Bonchev–Trinajstić information content (AvgIpc) is 2.19. The summed E-state index contributed by atoms with van der Waals surface area (Å²) in [6.07, 6.45) is 1.45. The molecule has 0 fully saturated rings. The summed E-state index contributed by atoms with van der Waals surface area (Å²) in [5.74, 6) is -1.35. The molecule has 0 aromatic carbocycles. The molecule has 0 saturated heterocycles. The Balaban J connectivity index is 2.77. The molecule has 7 heteroatoms. The van der Waals surface area contributed by atoms with Crippen molar-refractivity contribution < 1.29 is 14.7 Å². The standard InChI is InChI=1S/C9H12N4O3/c10-6(14)2-4-13-8-7(11)5(9(15)16)1-3-12-8/h1,3H,2,4,11H2,(H2,10,14)(H,12,13)(H,15,16). The van der Waals surface area contributed by atoms with Gasteiger partial charge in [0.25, 0.3) is 0 Å². The fraction of sp³-hybridized carbons (Fsp3) is 0.222. The predicted molar refractivity (Wildman–Crippen MR) is 57.9 cm³/mol. The van der Waals surface area contributed by atoms with Crippen molar-refractivity contribution in [3.63, 3.8) is 0 Å². The van der Waals surface area contributed by atoms with Gasteiger partial charge in [0.15, 0.2) is 0 Å². The maximum absolute atomic E-state index is 10.7. The van der Waals surface area contributed by atoms with E-state index in [1.807, 2.05) is 0 Å². The first-order chi connectivity index (χ1) is 7.52. The molecule has 16 heavy (non-hydrogen) atoms. The van der Waals surface area contributed by atoms with Crippen LogP contribution in [0.1, 0.15) is 16.8 Å². The highest BCUT2D eigenvalue weighted by molar-refractivity contribution is 5.96. The SMILES string of the molecule is NC(=O)CCNc1nccc(C(=O)O)c1N. The average molecular weight is 224 g/mol. The quantitative estimate of drug-likeness (QED) is 0.540. The minimum Gasteiger partial charge on any atom is -0.478 e. The van der Waals surface area contributed by atoms with Crippen LogP contribution in [0.4, 0.5) is 11.5 Å². The molecule has 0 atom stereocenters. The van der Waals surface area contributed by atoms with E-state index in [2.05, 4.69) is 10.3 Å². The Morgan fingerprint density at radius 2 is 2.19 bits per heavy atom. The number of carboxylic acid groups (broad SMARTS) is 1. The van der Waals surface area contributed by atoms with Crippen LogP contribution in [0.5, 0.6) is 0 Å². The van der Waals surface area contributed by atoms with Crippen LogP contribution in [-0.2, 0) is 4.79 Å². The van der Waals surface area contributed by atoms with Crippen molar-refractivity contribution in [1.82, 2.24) is 4.98 Å². The zero-order valence-electron chi connectivity index (χ0n) is 8.43. The zero-order chi connectivity index (χ0) is 12.1. The number of pyridine rings is 1. The summed E-state index contributed by atoms with van der Waals surface area (Å²) in [6.45, 7) is 0.260. The maximum atomic E-state index is 10.7.